The molecule has 0 saturated carbocycles. The van der Waals surface area contributed by atoms with Gasteiger partial charge in [-0.05, 0) is 18.3 Å². The number of carboxylic acid groups (broad SMARTS) is 2. The van der Waals surface area contributed by atoms with Crippen LogP contribution in [-0.2, 0) is 9.59 Å². The highest BCUT2D eigenvalue weighted by Gasteiger charge is 2.07. The molecule has 0 bridgehead atoms. The van der Waals surface area contributed by atoms with Gasteiger partial charge in [-0.3, -0.25) is 9.59 Å². The van der Waals surface area contributed by atoms with Crippen LogP contribution in [0.2, 0.25) is 0 Å². The van der Waals surface area contributed by atoms with E-state index in [1.165, 1.54) is 44.9 Å². The highest BCUT2D eigenvalue weighted by atomic mass is 16.4. The number of unbranched alkanes of at least 4 members (excludes halogenated alkanes) is 7. The maximum atomic E-state index is 10.6. The molecule has 4 nitrogen and oxygen atoms in total. The maximum Gasteiger partial charge on any atom is 0.303 e. The zero-order valence-electron chi connectivity index (χ0n) is 15.8. The molecule has 0 fully saturated rings. The molecule has 142 valence electrons. The quantitative estimate of drug-likeness (QED) is 0.323. The summed E-state index contributed by atoms with van der Waals surface area (Å²) in [4.78, 5) is 21.0. The Bertz CT molecular complexity index is 328. The summed E-state index contributed by atoms with van der Waals surface area (Å²) < 4.78 is 0. The van der Waals surface area contributed by atoms with Crippen LogP contribution in [0.4, 0.5) is 0 Å². The third-order valence-electron chi connectivity index (χ3n) is 4.75. The number of aliphatic carboxylic acids is 2. The molecule has 0 aliphatic heterocycles. The van der Waals surface area contributed by atoms with E-state index in [9.17, 15) is 9.59 Å². The van der Waals surface area contributed by atoms with E-state index in [4.69, 9.17) is 10.2 Å². The second kappa shape index (κ2) is 15.5. The van der Waals surface area contributed by atoms with Crippen molar-refractivity contribution in [2.24, 2.45) is 11.8 Å². The van der Waals surface area contributed by atoms with Crippen molar-refractivity contribution in [2.75, 3.05) is 0 Å². The van der Waals surface area contributed by atoms with Gasteiger partial charge in [0.1, 0.15) is 0 Å². The van der Waals surface area contributed by atoms with E-state index in [2.05, 4.69) is 6.92 Å². The highest BCUT2D eigenvalue weighted by Crippen LogP contribution is 2.19. The minimum absolute atomic E-state index is 0.298. The van der Waals surface area contributed by atoms with Crippen molar-refractivity contribution in [3.8, 4) is 0 Å². The number of carboxylic acids is 2. The number of carbonyl (C=O) groups is 2. The van der Waals surface area contributed by atoms with Crippen molar-refractivity contribution in [3.63, 3.8) is 0 Å². The number of hydrogen-bond acceptors (Lipinski definition) is 2. The normalized spacial score (nSPS) is 13.6. The van der Waals surface area contributed by atoms with Crippen LogP contribution in [0.5, 0.6) is 0 Å². The number of hydrogen-bond donors (Lipinski definition) is 2. The lowest BCUT2D eigenvalue weighted by Gasteiger charge is -2.12. The van der Waals surface area contributed by atoms with E-state index in [0.29, 0.717) is 18.8 Å². The molecule has 2 N–H and O–H groups in total. The molecule has 0 heterocycles. The highest BCUT2D eigenvalue weighted by molar-refractivity contribution is 5.67. The summed E-state index contributed by atoms with van der Waals surface area (Å²) in [7, 11) is 0. The molecule has 0 aliphatic carbocycles. The molecule has 2 unspecified atom stereocenters. The zero-order valence-corrected chi connectivity index (χ0v) is 15.8. The van der Waals surface area contributed by atoms with Crippen LogP contribution >= 0.6 is 0 Å². The lowest BCUT2D eigenvalue weighted by atomic mass is 9.94. The molecule has 0 rings (SSSR count). The van der Waals surface area contributed by atoms with Crippen molar-refractivity contribution in [1.29, 1.82) is 0 Å². The van der Waals surface area contributed by atoms with E-state index in [1.54, 1.807) is 0 Å². The molecule has 0 spiro atoms. The zero-order chi connectivity index (χ0) is 18.2. The van der Waals surface area contributed by atoms with Gasteiger partial charge in [0, 0.05) is 12.8 Å². The van der Waals surface area contributed by atoms with Gasteiger partial charge < -0.3 is 10.2 Å². The smallest absolute Gasteiger partial charge is 0.303 e. The Morgan fingerprint density at radius 3 is 1.54 bits per heavy atom. The Kier molecular flexibility index (Phi) is 14.8. The van der Waals surface area contributed by atoms with Crippen molar-refractivity contribution in [1.82, 2.24) is 0 Å². The molecule has 0 aromatic heterocycles. The van der Waals surface area contributed by atoms with Crippen LogP contribution in [0.3, 0.4) is 0 Å². The summed E-state index contributed by atoms with van der Waals surface area (Å²) in [5, 5.41) is 17.3. The van der Waals surface area contributed by atoms with Gasteiger partial charge in [-0.1, -0.05) is 84.5 Å². The Hall–Kier alpha value is -1.06. The summed E-state index contributed by atoms with van der Waals surface area (Å²) >= 11 is 0. The van der Waals surface area contributed by atoms with Crippen molar-refractivity contribution in [2.45, 2.75) is 104 Å². The first-order valence-electron chi connectivity index (χ1n) is 9.85. The minimum atomic E-state index is -0.682. The molecule has 24 heavy (non-hydrogen) atoms. The summed E-state index contributed by atoms with van der Waals surface area (Å²) in [6.45, 7) is 4.36. The van der Waals surface area contributed by atoms with Crippen LogP contribution in [0.1, 0.15) is 104 Å². The van der Waals surface area contributed by atoms with Crippen molar-refractivity contribution < 1.29 is 19.8 Å². The van der Waals surface area contributed by atoms with Crippen molar-refractivity contribution in [3.05, 3.63) is 0 Å². The van der Waals surface area contributed by atoms with E-state index < -0.39 is 11.9 Å². The van der Waals surface area contributed by atoms with Gasteiger partial charge in [-0.15, -0.1) is 0 Å². The Morgan fingerprint density at radius 2 is 1.04 bits per heavy atom. The molecule has 4 heteroatoms. The molecule has 0 radical (unpaired) electrons. The fourth-order valence-electron chi connectivity index (χ4n) is 3.18. The third-order valence-corrected chi connectivity index (χ3v) is 4.75. The first-order chi connectivity index (χ1) is 11.4. The van der Waals surface area contributed by atoms with Crippen LogP contribution < -0.4 is 0 Å². The molecular weight excluding hydrogens is 304 g/mol. The minimum Gasteiger partial charge on any atom is -0.481 e. The first-order valence-corrected chi connectivity index (χ1v) is 9.85. The Balaban J connectivity index is 3.31. The summed E-state index contributed by atoms with van der Waals surface area (Å²) in [5.41, 5.74) is 0. The fraction of sp³-hybridized carbons (Fsp3) is 0.900. The summed E-state index contributed by atoms with van der Waals surface area (Å²) in [5.74, 6) is -0.276. The van der Waals surface area contributed by atoms with Crippen LogP contribution in [0.15, 0.2) is 0 Å². The first kappa shape index (κ1) is 22.9. The van der Waals surface area contributed by atoms with Crippen LogP contribution in [0, 0.1) is 11.8 Å². The van der Waals surface area contributed by atoms with E-state index >= 15 is 0 Å². The maximum absolute atomic E-state index is 10.6. The SMILES string of the molecule is CC(CCCCCCCCC(=O)O)CCCCCC(C)CC(=O)O. The fourth-order valence-corrected chi connectivity index (χ4v) is 3.18. The van der Waals surface area contributed by atoms with Gasteiger partial charge >= 0.3 is 11.9 Å². The molecule has 0 saturated heterocycles. The van der Waals surface area contributed by atoms with E-state index in [1.807, 2.05) is 6.92 Å². The second-order valence-corrected chi connectivity index (χ2v) is 7.50. The van der Waals surface area contributed by atoms with Crippen LogP contribution in [0.25, 0.3) is 0 Å². The van der Waals surface area contributed by atoms with E-state index in [0.717, 1.165) is 38.0 Å². The Morgan fingerprint density at radius 1 is 0.625 bits per heavy atom. The van der Waals surface area contributed by atoms with Gasteiger partial charge in [-0.2, -0.15) is 0 Å². The topological polar surface area (TPSA) is 74.6 Å². The van der Waals surface area contributed by atoms with Gasteiger partial charge in [0.15, 0.2) is 0 Å². The average Bonchev–Trinajstić information content (AvgIpc) is 2.48. The lowest BCUT2D eigenvalue weighted by Crippen LogP contribution is -2.04. The van der Waals surface area contributed by atoms with Gasteiger partial charge in [0.05, 0.1) is 0 Å². The second-order valence-electron chi connectivity index (χ2n) is 7.50. The largest absolute Gasteiger partial charge is 0.481 e. The predicted octanol–water partition coefficient (Wildman–Crippen LogP) is 5.89. The Labute approximate surface area is 148 Å². The van der Waals surface area contributed by atoms with Gasteiger partial charge in [0.25, 0.3) is 0 Å². The molecule has 2 atom stereocenters. The summed E-state index contributed by atoms with van der Waals surface area (Å²) in [6, 6.07) is 0. The molecular formula is C20H38O4. The molecule has 0 aromatic carbocycles. The molecule has 0 aromatic rings. The molecule has 0 aliphatic rings. The van der Waals surface area contributed by atoms with Gasteiger partial charge in [-0.25, -0.2) is 0 Å². The predicted molar refractivity (Wildman–Crippen MR) is 98.2 cm³/mol. The average molecular weight is 343 g/mol. The lowest BCUT2D eigenvalue weighted by molar-refractivity contribution is -0.138. The monoisotopic (exact) mass is 342 g/mol. The number of rotatable bonds is 17. The van der Waals surface area contributed by atoms with Crippen molar-refractivity contribution >= 4 is 11.9 Å². The van der Waals surface area contributed by atoms with Crippen LogP contribution in [-0.4, -0.2) is 22.2 Å². The molecule has 0 amide bonds. The standard InChI is InChI=1S/C20H38O4/c1-17(12-8-5-3-4-6-11-15-19(21)22)13-9-7-10-14-18(2)16-20(23)24/h17-18H,3-16H2,1-2H3,(H,21,22)(H,23,24). The van der Waals surface area contributed by atoms with Gasteiger partial charge in [0.2, 0.25) is 0 Å². The summed E-state index contributed by atoms with van der Waals surface area (Å²) in [6.07, 6.45) is 14.7. The third kappa shape index (κ3) is 17.3. The van der Waals surface area contributed by atoms with E-state index in [-0.39, 0.29) is 0 Å².